The van der Waals surface area contributed by atoms with Gasteiger partial charge in [-0.15, -0.1) is 22.7 Å². The van der Waals surface area contributed by atoms with E-state index in [-0.39, 0.29) is 11.4 Å². The summed E-state index contributed by atoms with van der Waals surface area (Å²) in [7, 11) is 1.23. The van der Waals surface area contributed by atoms with Crippen molar-refractivity contribution in [2.24, 2.45) is 5.73 Å². The van der Waals surface area contributed by atoms with Gasteiger partial charge in [0.25, 0.3) is 5.91 Å². The molecule has 33 heavy (non-hydrogen) atoms. The Kier molecular flexibility index (Phi) is 8.80. The summed E-state index contributed by atoms with van der Waals surface area (Å²) >= 11 is 2.22. The first kappa shape index (κ1) is 26.5. The number of hydrogen-bond donors (Lipinski definition) is 5. The van der Waals surface area contributed by atoms with Gasteiger partial charge >= 0.3 is 5.97 Å². The number of ether oxygens (including phenoxy) is 1. The predicted octanol–water partition coefficient (Wildman–Crippen LogP) is 0.813. The van der Waals surface area contributed by atoms with Gasteiger partial charge in [0.15, 0.2) is 5.69 Å². The monoisotopic (exact) mass is 497 g/mol. The van der Waals surface area contributed by atoms with Crippen molar-refractivity contribution in [2.45, 2.75) is 51.5 Å². The fraction of sp³-hybridized carbons (Fsp3) is 0.450. The molecule has 3 atom stereocenters. The molecule has 0 bridgehead atoms. The number of nitrogens with zero attached hydrogens (tertiary/aromatic N) is 2. The minimum absolute atomic E-state index is 0.0578. The summed E-state index contributed by atoms with van der Waals surface area (Å²) in [5.41, 5.74) is 4.71. The third-order valence-corrected chi connectivity index (χ3v) is 6.27. The molecule has 180 valence electrons. The first-order valence-electron chi connectivity index (χ1n) is 9.82. The Bertz CT molecular complexity index is 1040. The number of nitrogens with two attached hydrogens (primary N) is 1. The molecule has 2 aromatic rings. The maximum atomic E-state index is 12.9. The molecule has 0 aliphatic heterocycles. The highest BCUT2D eigenvalue weighted by molar-refractivity contribution is 7.11. The number of esters is 1. The van der Waals surface area contributed by atoms with Gasteiger partial charge in [0.1, 0.15) is 27.8 Å². The molecule has 0 unspecified atom stereocenters. The van der Waals surface area contributed by atoms with Crippen molar-refractivity contribution in [3.8, 4) is 0 Å². The first-order valence-corrected chi connectivity index (χ1v) is 11.6. The number of carbonyl (C=O) groups is 3. The van der Waals surface area contributed by atoms with Gasteiger partial charge < -0.3 is 31.3 Å². The zero-order valence-corrected chi connectivity index (χ0v) is 20.4. The molecule has 2 heterocycles. The van der Waals surface area contributed by atoms with Crippen LogP contribution >= 0.6 is 22.7 Å². The molecule has 2 rings (SSSR count). The van der Waals surface area contributed by atoms with Gasteiger partial charge in [-0.05, 0) is 27.7 Å². The van der Waals surface area contributed by atoms with E-state index in [4.69, 9.17) is 5.73 Å². The number of rotatable bonds is 9. The molecule has 11 nitrogen and oxygen atoms in total. The molecule has 2 aromatic heterocycles. The summed E-state index contributed by atoms with van der Waals surface area (Å²) in [6, 6.07) is -2.05. The van der Waals surface area contributed by atoms with Crippen LogP contribution < -0.4 is 16.4 Å². The van der Waals surface area contributed by atoms with E-state index in [2.05, 4.69) is 25.3 Å². The highest BCUT2D eigenvalue weighted by Crippen LogP contribution is 2.29. The number of aliphatic hydroxyl groups excluding tert-OH is 1. The molecule has 0 aromatic carbocycles. The first-order chi connectivity index (χ1) is 15.4. The van der Waals surface area contributed by atoms with Crippen LogP contribution in [0.15, 0.2) is 16.8 Å². The highest BCUT2D eigenvalue weighted by atomic mass is 32.1. The van der Waals surface area contributed by atoms with Crippen molar-refractivity contribution in [1.82, 2.24) is 20.6 Å². The fourth-order valence-electron chi connectivity index (χ4n) is 2.55. The lowest BCUT2D eigenvalue weighted by Gasteiger charge is -2.28. The SMILES string of the molecule is C/C=C(\NC(=O)[C@@H](N)[C@@H](C)O)c1nc(C(=O)N[C@@H](c2nc(C(=O)OC)cs2)C(C)(C)O)cs1. The molecule has 0 saturated carbocycles. The van der Waals surface area contributed by atoms with Gasteiger partial charge in [-0.1, -0.05) is 6.08 Å². The van der Waals surface area contributed by atoms with E-state index in [1.54, 1.807) is 13.0 Å². The summed E-state index contributed by atoms with van der Waals surface area (Å²) < 4.78 is 4.65. The van der Waals surface area contributed by atoms with Gasteiger partial charge in [-0.25, -0.2) is 14.8 Å². The van der Waals surface area contributed by atoms with Crippen molar-refractivity contribution in [3.05, 3.63) is 38.2 Å². The smallest absolute Gasteiger partial charge is 0.357 e. The molecule has 0 aliphatic rings. The summed E-state index contributed by atoms with van der Waals surface area (Å²) in [6.45, 7) is 6.09. The molecule has 0 saturated heterocycles. The molecule has 0 radical (unpaired) electrons. The van der Waals surface area contributed by atoms with Crippen LogP contribution in [0.4, 0.5) is 0 Å². The average Bonchev–Trinajstić information content (AvgIpc) is 3.43. The number of carbonyl (C=O) groups excluding carboxylic acids is 3. The second-order valence-electron chi connectivity index (χ2n) is 7.62. The van der Waals surface area contributed by atoms with Crippen LogP contribution in [0.25, 0.3) is 5.70 Å². The Morgan fingerprint density at radius 1 is 1.21 bits per heavy atom. The number of aromatic nitrogens is 2. The second-order valence-corrected chi connectivity index (χ2v) is 9.37. The van der Waals surface area contributed by atoms with Crippen LogP contribution in [0.3, 0.4) is 0 Å². The molecule has 0 spiro atoms. The molecular formula is C20H27N5O6S2. The Hall–Kier alpha value is -2.71. The zero-order valence-electron chi connectivity index (χ0n) is 18.8. The molecule has 2 amide bonds. The van der Waals surface area contributed by atoms with Crippen molar-refractivity contribution in [2.75, 3.05) is 7.11 Å². The number of nitrogens with one attached hydrogen (secondary N) is 2. The number of methoxy groups -OCH3 is 1. The number of aliphatic hydroxyl groups is 2. The zero-order chi connectivity index (χ0) is 24.9. The fourth-order valence-corrected chi connectivity index (χ4v) is 4.40. The molecule has 0 aliphatic carbocycles. The number of amides is 2. The standard InChI is InChI=1S/C20H27N5O6S2/c1-6-10(22-16(28)13(21)9(2)26)17-23-11(7-32-17)15(27)25-14(20(3,4)30)18-24-12(8-33-18)19(29)31-5/h6-9,13-14,26,30H,21H2,1-5H3,(H,22,28)(H,25,27)/b10-6-/t9-,13+,14+/m1/s1. The van der Waals surface area contributed by atoms with Crippen molar-refractivity contribution in [1.29, 1.82) is 0 Å². The second kappa shape index (κ2) is 10.9. The van der Waals surface area contributed by atoms with Crippen LogP contribution in [0.5, 0.6) is 0 Å². The lowest BCUT2D eigenvalue weighted by atomic mass is 9.99. The van der Waals surface area contributed by atoms with E-state index in [1.807, 2.05) is 0 Å². The van der Waals surface area contributed by atoms with Crippen LogP contribution in [-0.2, 0) is 9.53 Å². The lowest BCUT2D eigenvalue weighted by molar-refractivity contribution is -0.123. The van der Waals surface area contributed by atoms with Crippen LogP contribution in [0, 0.1) is 0 Å². The number of allylic oxidation sites excluding steroid dienone is 1. The quantitative estimate of drug-likeness (QED) is 0.314. The van der Waals surface area contributed by atoms with Crippen LogP contribution in [-0.4, -0.2) is 62.8 Å². The van der Waals surface area contributed by atoms with Crippen molar-refractivity contribution >= 4 is 46.2 Å². The maximum Gasteiger partial charge on any atom is 0.357 e. The van der Waals surface area contributed by atoms with E-state index in [1.165, 1.54) is 38.6 Å². The third-order valence-electron chi connectivity index (χ3n) is 4.48. The third kappa shape index (κ3) is 6.65. The van der Waals surface area contributed by atoms with E-state index >= 15 is 0 Å². The molecule has 0 fully saturated rings. The lowest BCUT2D eigenvalue weighted by Crippen LogP contribution is -2.46. The van der Waals surface area contributed by atoms with Gasteiger partial charge in [-0.2, -0.15) is 0 Å². The summed E-state index contributed by atoms with van der Waals surface area (Å²) in [4.78, 5) is 45.1. The van der Waals surface area contributed by atoms with Crippen molar-refractivity contribution < 1.29 is 29.3 Å². The minimum Gasteiger partial charge on any atom is -0.464 e. The van der Waals surface area contributed by atoms with E-state index < -0.39 is 41.6 Å². The molecular weight excluding hydrogens is 470 g/mol. The highest BCUT2D eigenvalue weighted by Gasteiger charge is 2.34. The number of thiazole rings is 2. The van der Waals surface area contributed by atoms with Crippen molar-refractivity contribution in [3.63, 3.8) is 0 Å². The topological polar surface area (TPSA) is 177 Å². The maximum absolute atomic E-state index is 12.9. The van der Waals surface area contributed by atoms with Gasteiger partial charge in [-0.3, -0.25) is 9.59 Å². The van der Waals surface area contributed by atoms with Crippen LogP contribution in [0.2, 0.25) is 0 Å². The Morgan fingerprint density at radius 2 is 1.85 bits per heavy atom. The normalized spacial score (nSPS) is 14.8. The summed E-state index contributed by atoms with van der Waals surface area (Å²) in [5, 5.41) is 29.0. The van der Waals surface area contributed by atoms with E-state index in [0.29, 0.717) is 15.7 Å². The molecule has 13 heteroatoms. The largest absolute Gasteiger partial charge is 0.464 e. The van der Waals surface area contributed by atoms with Gasteiger partial charge in [0.05, 0.1) is 24.5 Å². The average molecular weight is 498 g/mol. The number of hydrogen-bond acceptors (Lipinski definition) is 11. The Balaban J connectivity index is 2.21. The Morgan fingerprint density at radius 3 is 2.39 bits per heavy atom. The van der Waals surface area contributed by atoms with E-state index in [9.17, 15) is 24.6 Å². The molecule has 6 N–H and O–H groups in total. The summed E-state index contributed by atoms with van der Waals surface area (Å²) in [6.07, 6.45) is 0.557. The predicted molar refractivity (Wildman–Crippen MR) is 124 cm³/mol. The van der Waals surface area contributed by atoms with Crippen LogP contribution in [0.1, 0.15) is 64.7 Å². The van der Waals surface area contributed by atoms with E-state index in [0.717, 1.165) is 22.7 Å². The summed E-state index contributed by atoms with van der Waals surface area (Å²) in [5.74, 6) is -1.80. The van der Waals surface area contributed by atoms with Gasteiger partial charge in [0, 0.05) is 10.8 Å². The minimum atomic E-state index is -1.40. The Labute approximate surface area is 198 Å². The van der Waals surface area contributed by atoms with Gasteiger partial charge in [0.2, 0.25) is 5.91 Å².